The largest absolute Gasteiger partial charge is 0.399 e. The fourth-order valence-electron chi connectivity index (χ4n) is 1.88. The van der Waals surface area contributed by atoms with Crippen LogP contribution in [0.2, 0.25) is 10.0 Å². The third-order valence-electron chi connectivity index (χ3n) is 2.84. The maximum absolute atomic E-state index is 6.00. The third-order valence-corrected chi connectivity index (χ3v) is 3.58. The molecule has 4 nitrogen and oxygen atoms in total. The van der Waals surface area contributed by atoms with Gasteiger partial charge in [0.25, 0.3) is 0 Å². The van der Waals surface area contributed by atoms with Gasteiger partial charge in [0.15, 0.2) is 0 Å². The maximum Gasteiger partial charge on any atom is 0.141 e. The van der Waals surface area contributed by atoms with E-state index in [0.29, 0.717) is 21.6 Å². The van der Waals surface area contributed by atoms with Crippen molar-refractivity contribution in [3.05, 3.63) is 52.8 Å². The number of hydrogen-bond donors (Lipinski definition) is 2. The van der Waals surface area contributed by atoms with E-state index in [9.17, 15) is 0 Å². The molecular weight excluding hydrogens is 295 g/mol. The number of nitrogens with two attached hydrogens (primary N) is 1. The Morgan fingerprint density at radius 2 is 1.80 bits per heavy atom. The Balaban J connectivity index is 2.04. The molecule has 3 rings (SSSR count). The first kappa shape index (κ1) is 13.0. The van der Waals surface area contributed by atoms with E-state index < -0.39 is 0 Å². The molecule has 0 unspecified atom stereocenters. The monoisotopic (exact) mass is 304 g/mol. The van der Waals surface area contributed by atoms with Crippen molar-refractivity contribution in [1.82, 2.24) is 9.97 Å². The minimum Gasteiger partial charge on any atom is -0.399 e. The molecule has 0 saturated carbocycles. The molecule has 1 aromatic heterocycles. The van der Waals surface area contributed by atoms with E-state index in [-0.39, 0.29) is 0 Å². The molecule has 0 fully saturated rings. The Labute approximate surface area is 125 Å². The van der Waals surface area contributed by atoms with Gasteiger partial charge in [-0.15, -0.1) is 0 Å². The number of benzene rings is 2. The predicted molar refractivity (Wildman–Crippen MR) is 83.7 cm³/mol. The van der Waals surface area contributed by atoms with Gasteiger partial charge in [-0.2, -0.15) is 0 Å². The molecule has 0 radical (unpaired) electrons. The number of rotatable bonds is 2. The summed E-state index contributed by atoms with van der Waals surface area (Å²) in [4.78, 5) is 8.44. The van der Waals surface area contributed by atoms with E-state index in [1.54, 1.807) is 18.2 Å². The van der Waals surface area contributed by atoms with Crippen LogP contribution in [0.1, 0.15) is 0 Å². The highest BCUT2D eigenvalue weighted by molar-refractivity contribution is 6.42. The van der Waals surface area contributed by atoms with E-state index in [2.05, 4.69) is 15.3 Å². The lowest BCUT2D eigenvalue weighted by atomic mass is 10.2. The van der Waals surface area contributed by atoms with Gasteiger partial charge in [0.05, 0.1) is 15.6 Å². The number of hydrogen-bond acceptors (Lipinski definition) is 4. The van der Waals surface area contributed by atoms with Gasteiger partial charge in [-0.1, -0.05) is 23.2 Å². The topological polar surface area (TPSA) is 63.8 Å². The van der Waals surface area contributed by atoms with Gasteiger partial charge in [0.2, 0.25) is 0 Å². The second-order valence-corrected chi connectivity index (χ2v) is 5.07. The number of fused-ring (bicyclic) bond motifs is 1. The third kappa shape index (κ3) is 2.48. The van der Waals surface area contributed by atoms with Gasteiger partial charge in [-0.3, -0.25) is 0 Å². The molecule has 0 spiro atoms. The fraction of sp³-hybridized carbons (Fsp3) is 0. The normalized spacial score (nSPS) is 10.7. The van der Waals surface area contributed by atoms with Crippen molar-refractivity contribution in [3.63, 3.8) is 0 Å². The van der Waals surface area contributed by atoms with Crippen LogP contribution in [-0.4, -0.2) is 9.97 Å². The summed E-state index contributed by atoms with van der Waals surface area (Å²) in [5, 5.41) is 5.08. The molecular formula is C14H10Cl2N4. The zero-order valence-corrected chi connectivity index (χ0v) is 11.8. The van der Waals surface area contributed by atoms with Crippen molar-refractivity contribution in [3.8, 4) is 0 Å². The summed E-state index contributed by atoms with van der Waals surface area (Å²) in [5.41, 5.74) is 8.00. The predicted octanol–water partition coefficient (Wildman–Crippen LogP) is 4.26. The van der Waals surface area contributed by atoms with Crippen LogP contribution < -0.4 is 11.1 Å². The van der Waals surface area contributed by atoms with Crippen molar-refractivity contribution in [2.45, 2.75) is 0 Å². The first-order valence-electron chi connectivity index (χ1n) is 5.86. The minimum atomic E-state index is 0.485. The summed E-state index contributed by atoms with van der Waals surface area (Å²) < 4.78 is 0. The zero-order valence-electron chi connectivity index (χ0n) is 10.3. The van der Waals surface area contributed by atoms with Crippen LogP contribution in [0.5, 0.6) is 0 Å². The average molecular weight is 305 g/mol. The number of nitrogen functional groups attached to an aromatic ring is 1. The lowest BCUT2D eigenvalue weighted by Crippen LogP contribution is -1.96. The van der Waals surface area contributed by atoms with Crippen molar-refractivity contribution in [1.29, 1.82) is 0 Å². The highest BCUT2D eigenvalue weighted by Gasteiger charge is 2.05. The Morgan fingerprint density at radius 3 is 2.60 bits per heavy atom. The van der Waals surface area contributed by atoms with Crippen LogP contribution in [0.4, 0.5) is 17.2 Å². The van der Waals surface area contributed by atoms with Crippen LogP contribution in [0.25, 0.3) is 10.9 Å². The Hall–Kier alpha value is -2.04. The van der Waals surface area contributed by atoms with Gasteiger partial charge < -0.3 is 11.1 Å². The average Bonchev–Trinajstić information content (AvgIpc) is 2.43. The lowest BCUT2D eigenvalue weighted by Gasteiger charge is -2.09. The maximum atomic E-state index is 6.00. The van der Waals surface area contributed by atoms with Crippen LogP contribution in [0.3, 0.4) is 0 Å². The molecule has 3 aromatic rings. The number of halogens is 2. The molecule has 0 aliphatic rings. The van der Waals surface area contributed by atoms with Gasteiger partial charge in [-0.05, 0) is 36.4 Å². The second-order valence-electron chi connectivity index (χ2n) is 4.25. The first-order chi connectivity index (χ1) is 9.63. The summed E-state index contributed by atoms with van der Waals surface area (Å²) in [7, 11) is 0. The SMILES string of the molecule is Nc1ccc2c(Nc3ccc(Cl)c(Cl)c3)ncnc2c1. The Kier molecular flexibility index (Phi) is 3.34. The molecule has 1 heterocycles. The molecule has 6 heteroatoms. The van der Waals surface area contributed by atoms with Crippen LogP contribution in [-0.2, 0) is 0 Å². The molecule has 0 amide bonds. The van der Waals surface area contributed by atoms with E-state index in [0.717, 1.165) is 16.6 Å². The first-order valence-corrected chi connectivity index (χ1v) is 6.61. The molecule has 2 aromatic carbocycles. The number of anilines is 3. The summed E-state index contributed by atoms with van der Waals surface area (Å²) in [6, 6.07) is 10.8. The van der Waals surface area contributed by atoms with Gasteiger partial charge in [-0.25, -0.2) is 9.97 Å². The minimum absolute atomic E-state index is 0.485. The Morgan fingerprint density at radius 1 is 0.950 bits per heavy atom. The van der Waals surface area contributed by atoms with E-state index in [1.807, 2.05) is 18.2 Å². The van der Waals surface area contributed by atoms with E-state index in [4.69, 9.17) is 28.9 Å². The van der Waals surface area contributed by atoms with Gasteiger partial charge >= 0.3 is 0 Å². The molecule has 0 aliphatic heterocycles. The molecule has 0 aliphatic carbocycles. The smallest absolute Gasteiger partial charge is 0.141 e. The lowest BCUT2D eigenvalue weighted by molar-refractivity contribution is 1.22. The van der Waals surface area contributed by atoms with Crippen molar-refractivity contribution in [2.75, 3.05) is 11.1 Å². The fourth-order valence-corrected chi connectivity index (χ4v) is 2.18. The van der Waals surface area contributed by atoms with Gasteiger partial charge in [0, 0.05) is 16.8 Å². The highest BCUT2D eigenvalue weighted by Crippen LogP contribution is 2.28. The van der Waals surface area contributed by atoms with E-state index >= 15 is 0 Å². The van der Waals surface area contributed by atoms with Crippen molar-refractivity contribution < 1.29 is 0 Å². The highest BCUT2D eigenvalue weighted by atomic mass is 35.5. The summed E-state index contributed by atoms with van der Waals surface area (Å²) in [6.07, 6.45) is 1.49. The number of aromatic nitrogens is 2. The summed E-state index contributed by atoms with van der Waals surface area (Å²) >= 11 is 11.9. The van der Waals surface area contributed by atoms with Crippen molar-refractivity contribution >= 4 is 51.3 Å². The number of nitrogens with zero attached hydrogens (tertiary/aromatic N) is 2. The molecule has 0 saturated heterocycles. The van der Waals surface area contributed by atoms with Crippen LogP contribution >= 0.6 is 23.2 Å². The molecule has 0 bridgehead atoms. The standard InChI is InChI=1S/C14H10Cl2N4/c15-11-4-2-9(6-12(11)16)20-14-10-3-1-8(17)5-13(10)18-7-19-14/h1-7H,17H2,(H,18,19,20). The molecule has 100 valence electrons. The molecule has 0 atom stereocenters. The Bertz CT molecular complexity index is 789. The number of nitrogens with one attached hydrogen (secondary N) is 1. The quantitative estimate of drug-likeness (QED) is 0.694. The van der Waals surface area contributed by atoms with Gasteiger partial charge in [0.1, 0.15) is 12.1 Å². The van der Waals surface area contributed by atoms with Crippen LogP contribution in [0.15, 0.2) is 42.7 Å². The zero-order chi connectivity index (χ0) is 14.1. The van der Waals surface area contributed by atoms with E-state index in [1.165, 1.54) is 6.33 Å². The molecule has 20 heavy (non-hydrogen) atoms. The van der Waals surface area contributed by atoms with Crippen LogP contribution in [0, 0.1) is 0 Å². The van der Waals surface area contributed by atoms with Crippen molar-refractivity contribution in [2.24, 2.45) is 0 Å². The summed E-state index contributed by atoms with van der Waals surface area (Å²) in [6.45, 7) is 0. The second kappa shape index (κ2) is 5.15. The molecule has 3 N–H and O–H groups in total. The summed E-state index contributed by atoms with van der Waals surface area (Å²) in [5.74, 6) is 0.688.